The molecule has 0 aromatic heterocycles. The molecule has 0 spiro atoms. The zero-order valence-corrected chi connectivity index (χ0v) is 8.23. The van der Waals surface area contributed by atoms with Crippen molar-refractivity contribution in [1.82, 2.24) is 0 Å². The minimum Gasteiger partial charge on any atom is -0.357 e. The molecule has 0 atom stereocenters. The molecule has 1 rings (SSSR count). The zero-order chi connectivity index (χ0) is 11.4. The van der Waals surface area contributed by atoms with Crippen molar-refractivity contribution in [2.45, 2.75) is 13.8 Å². The van der Waals surface area contributed by atoms with Gasteiger partial charge in [-0.2, -0.15) is 4.39 Å². The van der Waals surface area contributed by atoms with E-state index in [1.54, 1.807) is 13.8 Å². The fourth-order valence-electron chi connectivity index (χ4n) is 0.836. The van der Waals surface area contributed by atoms with Gasteiger partial charge in [0.05, 0.1) is 10.6 Å². The molecule has 5 nitrogen and oxygen atoms in total. The van der Waals surface area contributed by atoms with Crippen LogP contribution < -0.4 is 4.84 Å². The molecular formula is C9H9FN2O3. The number of nitrogens with zero attached hydrogens (tertiary/aromatic N) is 2. The number of nitro groups is 1. The van der Waals surface area contributed by atoms with E-state index in [4.69, 9.17) is 4.84 Å². The molecule has 0 aliphatic carbocycles. The summed E-state index contributed by atoms with van der Waals surface area (Å²) in [7, 11) is 0. The molecule has 0 heterocycles. The average molecular weight is 212 g/mol. The Hall–Kier alpha value is -1.98. The summed E-state index contributed by atoms with van der Waals surface area (Å²) in [5.74, 6) is -0.819. The summed E-state index contributed by atoms with van der Waals surface area (Å²) in [6, 6.07) is 3.24. The van der Waals surface area contributed by atoms with Gasteiger partial charge in [0, 0.05) is 12.1 Å². The molecule has 0 amide bonds. The first-order valence-corrected chi connectivity index (χ1v) is 4.13. The average Bonchev–Trinajstić information content (AvgIpc) is 2.14. The third-order valence-corrected chi connectivity index (χ3v) is 1.45. The van der Waals surface area contributed by atoms with E-state index < -0.39 is 16.4 Å². The van der Waals surface area contributed by atoms with Gasteiger partial charge in [-0.15, -0.1) is 0 Å². The quantitative estimate of drug-likeness (QED) is 0.439. The van der Waals surface area contributed by atoms with E-state index in [-0.39, 0.29) is 5.75 Å². The van der Waals surface area contributed by atoms with Crippen LogP contribution in [0.3, 0.4) is 0 Å². The molecule has 0 aliphatic rings. The van der Waals surface area contributed by atoms with Crippen molar-refractivity contribution in [2.24, 2.45) is 5.16 Å². The molecule has 0 fully saturated rings. The predicted octanol–water partition coefficient (Wildman–Crippen LogP) is 2.51. The summed E-state index contributed by atoms with van der Waals surface area (Å²) in [5.41, 5.74) is 0.0771. The molecule has 0 saturated carbocycles. The Balaban J connectivity index is 2.92. The number of rotatable bonds is 3. The maximum Gasteiger partial charge on any atom is 0.305 e. The van der Waals surface area contributed by atoms with Crippen LogP contribution in [-0.4, -0.2) is 10.6 Å². The van der Waals surface area contributed by atoms with Crippen LogP contribution in [0.25, 0.3) is 0 Å². The lowest BCUT2D eigenvalue weighted by Crippen LogP contribution is -1.94. The minimum atomic E-state index is -0.943. The van der Waals surface area contributed by atoms with Crippen LogP contribution in [0.5, 0.6) is 5.75 Å². The van der Waals surface area contributed by atoms with E-state index in [0.29, 0.717) is 5.71 Å². The molecule has 1 aromatic carbocycles. The number of hydrogen-bond donors (Lipinski definition) is 0. The Morgan fingerprint density at radius 3 is 2.67 bits per heavy atom. The Labute approximate surface area is 85.3 Å². The van der Waals surface area contributed by atoms with Gasteiger partial charge in [-0.1, -0.05) is 5.16 Å². The molecule has 6 heteroatoms. The van der Waals surface area contributed by atoms with E-state index in [2.05, 4.69) is 5.16 Å². The van der Waals surface area contributed by atoms with E-state index in [1.807, 2.05) is 0 Å². The smallest absolute Gasteiger partial charge is 0.305 e. The highest BCUT2D eigenvalue weighted by Crippen LogP contribution is 2.22. The molecule has 0 unspecified atom stereocenters. The highest BCUT2D eigenvalue weighted by molar-refractivity contribution is 5.78. The molecule has 80 valence electrons. The van der Waals surface area contributed by atoms with E-state index in [1.165, 1.54) is 6.07 Å². The number of benzene rings is 1. The molecule has 15 heavy (non-hydrogen) atoms. The highest BCUT2D eigenvalue weighted by atomic mass is 19.1. The van der Waals surface area contributed by atoms with Gasteiger partial charge in [-0.3, -0.25) is 10.1 Å². The maximum atomic E-state index is 13.1. The number of hydrogen-bond acceptors (Lipinski definition) is 4. The SMILES string of the molecule is CC(C)=NOc1ccc([N+](=O)[O-])c(F)c1. The highest BCUT2D eigenvalue weighted by Gasteiger charge is 2.14. The number of nitro benzene ring substituents is 1. The third kappa shape index (κ3) is 3.01. The Morgan fingerprint density at radius 2 is 2.20 bits per heavy atom. The summed E-state index contributed by atoms with van der Waals surface area (Å²) >= 11 is 0. The van der Waals surface area contributed by atoms with Crippen molar-refractivity contribution >= 4 is 11.4 Å². The van der Waals surface area contributed by atoms with Crippen molar-refractivity contribution in [3.63, 3.8) is 0 Å². The summed E-state index contributed by atoms with van der Waals surface area (Å²) in [6.45, 7) is 3.42. The first-order valence-electron chi connectivity index (χ1n) is 4.13. The van der Waals surface area contributed by atoms with E-state index >= 15 is 0 Å². The second-order valence-corrected chi connectivity index (χ2v) is 3.00. The summed E-state index contributed by atoms with van der Waals surface area (Å²) in [6.07, 6.45) is 0. The fraction of sp³-hybridized carbons (Fsp3) is 0.222. The number of halogens is 1. The van der Waals surface area contributed by atoms with Crippen LogP contribution >= 0.6 is 0 Å². The number of oxime groups is 1. The molecule has 0 aliphatic heterocycles. The van der Waals surface area contributed by atoms with Gasteiger partial charge in [0.1, 0.15) is 0 Å². The van der Waals surface area contributed by atoms with Gasteiger partial charge in [-0.25, -0.2) is 0 Å². The van der Waals surface area contributed by atoms with Gasteiger partial charge in [-0.05, 0) is 19.9 Å². The maximum absolute atomic E-state index is 13.1. The minimum absolute atomic E-state index is 0.124. The Kier molecular flexibility index (Phi) is 3.33. The topological polar surface area (TPSA) is 64.7 Å². The lowest BCUT2D eigenvalue weighted by molar-refractivity contribution is -0.387. The van der Waals surface area contributed by atoms with Gasteiger partial charge < -0.3 is 4.84 Å². The van der Waals surface area contributed by atoms with Crippen LogP contribution in [0.15, 0.2) is 23.4 Å². The van der Waals surface area contributed by atoms with Crippen LogP contribution in [0.1, 0.15) is 13.8 Å². The monoisotopic (exact) mass is 212 g/mol. The largest absolute Gasteiger partial charge is 0.357 e. The molecule has 0 saturated heterocycles. The molecule has 0 radical (unpaired) electrons. The van der Waals surface area contributed by atoms with E-state index in [9.17, 15) is 14.5 Å². The molecular weight excluding hydrogens is 203 g/mol. The Morgan fingerprint density at radius 1 is 1.53 bits per heavy atom. The lowest BCUT2D eigenvalue weighted by atomic mass is 10.3. The normalized spacial score (nSPS) is 9.53. The van der Waals surface area contributed by atoms with Crippen LogP contribution in [0.2, 0.25) is 0 Å². The first kappa shape index (κ1) is 11.1. The predicted molar refractivity (Wildman–Crippen MR) is 52.5 cm³/mol. The first-order chi connectivity index (χ1) is 7.00. The van der Waals surface area contributed by atoms with Crippen LogP contribution in [0, 0.1) is 15.9 Å². The molecule has 0 N–H and O–H groups in total. The third-order valence-electron chi connectivity index (χ3n) is 1.45. The van der Waals surface area contributed by atoms with Gasteiger partial charge in [0.2, 0.25) is 5.82 Å². The van der Waals surface area contributed by atoms with Crippen molar-refractivity contribution in [2.75, 3.05) is 0 Å². The van der Waals surface area contributed by atoms with Gasteiger partial charge in [0.15, 0.2) is 5.75 Å². The van der Waals surface area contributed by atoms with Crippen molar-refractivity contribution < 1.29 is 14.2 Å². The second-order valence-electron chi connectivity index (χ2n) is 3.00. The van der Waals surface area contributed by atoms with Crippen molar-refractivity contribution in [1.29, 1.82) is 0 Å². The summed E-state index contributed by atoms with van der Waals surface area (Å²) < 4.78 is 13.1. The summed E-state index contributed by atoms with van der Waals surface area (Å²) in [5, 5.41) is 13.9. The molecule has 0 bridgehead atoms. The van der Waals surface area contributed by atoms with E-state index in [0.717, 1.165) is 12.1 Å². The van der Waals surface area contributed by atoms with Crippen LogP contribution in [0.4, 0.5) is 10.1 Å². The second kappa shape index (κ2) is 4.50. The standard InChI is InChI=1S/C9H9FN2O3/c1-6(2)11-15-7-3-4-9(12(13)14)8(10)5-7/h3-5H,1-2H3. The summed E-state index contributed by atoms with van der Waals surface area (Å²) in [4.78, 5) is 14.3. The lowest BCUT2D eigenvalue weighted by Gasteiger charge is -1.99. The van der Waals surface area contributed by atoms with Crippen molar-refractivity contribution in [3.8, 4) is 5.75 Å². The fourth-order valence-corrected chi connectivity index (χ4v) is 0.836. The Bertz CT molecular complexity index is 414. The zero-order valence-electron chi connectivity index (χ0n) is 8.23. The molecule has 1 aromatic rings. The van der Waals surface area contributed by atoms with Crippen molar-refractivity contribution in [3.05, 3.63) is 34.1 Å². The van der Waals surface area contributed by atoms with Gasteiger partial charge in [0.25, 0.3) is 0 Å². The van der Waals surface area contributed by atoms with Crippen LogP contribution in [-0.2, 0) is 0 Å². The van der Waals surface area contributed by atoms with Gasteiger partial charge >= 0.3 is 5.69 Å².